The van der Waals surface area contributed by atoms with E-state index < -0.39 is 0 Å². The van der Waals surface area contributed by atoms with Gasteiger partial charge < -0.3 is 15.0 Å². The highest BCUT2D eigenvalue weighted by Crippen LogP contribution is 2.40. The number of hydrogen-bond acceptors (Lipinski definition) is 6. The molecule has 7 heteroatoms. The van der Waals surface area contributed by atoms with Crippen molar-refractivity contribution in [3.05, 3.63) is 40.5 Å². The second-order valence-electron chi connectivity index (χ2n) is 6.92. The summed E-state index contributed by atoms with van der Waals surface area (Å²) in [6.45, 7) is 4.92. The number of nitrogens with one attached hydrogen (secondary N) is 1. The average Bonchev–Trinajstić information content (AvgIpc) is 3.27. The van der Waals surface area contributed by atoms with E-state index in [9.17, 15) is 4.79 Å². The number of amides is 1. The number of thiophene rings is 1. The number of ether oxygens (including phenoxy) is 1. The van der Waals surface area contributed by atoms with Crippen LogP contribution in [0.1, 0.15) is 29.6 Å². The number of aromatic nitrogens is 2. The van der Waals surface area contributed by atoms with E-state index in [1.165, 1.54) is 16.9 Å². The van der Waals surface area contributed by atoms with Gasteiger partial charge in [-0.1, -0.05) is 0 Å². The zero-order chi connectivity index (χ0) is 19.7. The molecule has 0 spiro atoms. The van der Waals surface area contributed by atoms with Gasteiger partial charge in [-0.25, -0.2) is 9.97 Å². The smallest absolute Gasteiger partial charge is 0.243 e. The predicted molar refractivity (Wildman–Crippen MR) is 114 cm³/mol. The van der Waals surface area contributed by atoms with E-state index in [4.69, 9.17) is 9.72 Å². The van der Waals surface area contributed by atoms with Crippen LogP contribution in [0.2, 0.25) is 0 Å². The average molecular weight is 397 g/mol. The number of likely N-dealkylation sites (N-methyl/N-ethyl adjacent to an activating group) is 1. The number of nitrogens with zero attached hydrogens (tertiary/aromatic N) is 3. The summed E-state index contributed by atoms with van der Waals surface area (Å²) in [4.78, 5) is 26.6. The lowest BCUT2D eigenvalue weighted by molar-refractivity contribution is -0.115. The van der Waals surface area contributed by atoms with Crippen LogP contribution in [0, 0.1) is 6.92 Å². The maximum absolute atomic E-state index is 12.7. The van der Waals surface area contributed by atoms with E-state index >= 15 is 0 Å². The number of fused-ring (bicyclic) bond motifs is 3. The summed E-state index contributed by atoms with van der Waals surface area (Å²) < 4.78 is 5.16. The molecule has 0 bridgehead atoms. The van der Waals surface area contributed by atoms with Crippen molar-refractivity contribution in [2.45, 2.75) is 33.1 Å². The van der Waals surface area contributed by atoms with Gasteiger partial charge in [-0.15, -0.1) is 11.3 Å². The lowest BCUT2D eigenvalue weighted by Gasteiger charge is -2.23. The number of hydrogen-bond donors (Lipinski definition) is 1. The molecule has 1 amide bonds. The van der Waals surface area contributed by atoms with Crippen LogP contribution in [0.15, 0.2) is 24.3 Å². The molecule has 2 heterocycles. The number of rotatable bonds is 6. The van der Waals surface area contributed by atoms with Crippen molar-refractivity contribution in [1.29, 1.82) is 0 Å². The van der Waals surface area contributed by atoms with Crippen molar-refractivity contribution < 1.29 is 9.53 Å². The summed E-state index contributed by atoms with van der Waals surface area (Å²) >= 11 is 1.78. The van der Waals surface area contributed by atoms with E-state index in [1.807, 2.05) is 36.1 Å². The third-order valence-corrected chi connectivity index (χ3v) is 6.23. The Kier molecular flexibility index (Phi) is 5.17. The normalized spacial score (nSPS) is 12.8. The number of aryl methyl sites for hydroxylation is 3. The zero-order valence-corrected chi connectivity index (χ0v) is 17.2. The van der Waals surface area contributed by atoms with Crippen LogP contribution in [0.5, 0.6) is 5.75 Å². The summed E-state index contributed by atoms with van der Waals surface area (Å²) in [5.74, 6) is 2.33. The van der Waals surface area contributed by atoms with Gasteiger partial charge in [0.1, 0.15) is 22.2 Å². The van der Waals surface area contributed by atoms with Crippen molar-refractivity contribution in [2.75, 3.05) is 30.4 Å². The third kappa shape index (κ3) is 3.54. The Hall–Kier alpha value is -2.67. The maximum atomic E-state index is 12.7. The SMILES string of the molecule is CCN(CC(=O)Nc1ccc(OC)cc1)c1nc(C)nc2sc3c(c12)CCC3. The Morgan fingerprint density at radius 3 is 2.75 bits per heavy atom. The summed E-state index contributed by atoms with van der Waals surface area (Å²) in [5.41, 5.74) is 2.13. The van der Waals surface area contributed by atoms with E-state index in [0.29, 0.717) is 6.54 Å². The van der Waals surface area contributed by atoms with Gasteiger partial charge in [0.2, 0.25) is 5.91 Å². The molecule has 28 heavy (non-hydrogen) atoms. The molecule has 1 aliphatic carbocycles. The van der Waals surface area contributed by atoms with Crippen molar-refractivity contribution in [3.63, 3.8) is 0 Å². The lowest BCUT2D eigenvalue weighted by atomic mass is 10.1. The van der Waals surface area contributed by atoms with E-state index in [0.717, 1.165) is 46.1 Å². The molecule has 3 aromatic rings. The fourth-order valence-electron chi connectivity index (χ4n) is 3.69. The number of benzene rings is 1. The van der Waals surface area contributed by atoms with E-state index in [2.05, 4.69) is 17.2 Å². The van der Waals surface area contributed by atoms with Gasteiger partial charge in [0.05, 0.1) is 19.0 Å². The highest BCUT2D eigenvalue weighted by molar-refractivity contribution is 7.19. The van der Waals surface area contributed by atoms with Gasteiger partial charge >= 0.3 is 0 Å². The van der Waals surface area contributed by atoms with Crippen LogP contribution in [-0.4, -0.2) is 36.1 Å². The quantitative estimate of drug-likeness (QED) is 0.683. The molecule has 0 aliphatic heterocycles. The summed E-state index contributed by atoms with van der Waals surface area (Å²) in [6, 6.07) is 7.34. The Bertz CT molecular complexity index is 1010. The number of carbonyl (C=O) groups is 1. The van der Waals surface area contributed by atoms with Crippen LogP contribution < -0.4 is 15.0 Å². The lowest BCUT2D eigenvalue weighted by Crippen LogP contribution is -2.34. The van der Waals surface area contributed by atoms with Crippen molar-refractivity contribution in [3.8, 4) is 5.75 Å². The molecule has 4 rings (SSSR count). The first-order chi connectivity index (χ1) is 13.6. The van der Waals surface area contributed by atoms with Gasteiger partial charge in [0.25, 0.3) is 0 Å². The minimum absolute atomic E-state index is 0.0664. The van der Waals surface area contributed by atoms with Gasteiger partial charge in [0, 0.05) is 17.1 Å². The summed E-state index contributed by atoms with van der Waals surface area (Å²) in [7, 11) is 1.62. The Morgan fingerprint density at radius 2 is 2.04 bits per heavy atom. The second kappa shape index (κ2) is 7.75. The first-order valence-electron chi connectivity index (χ1n) is 9.56. The summed E-state index contributed by atoms with van der Waals surface area (Å²) in [6.07, 6.45) is 3.39. The van der Waals surface area contributed by atoms with Crippen molar-refractivity contribution >= 4 is 39.0 Å². The molecule has 146 valence electrons. The van der Waals surface area contributed by atoms with Gasteiger partial charge in [-0.2, -0.15) is 0 Å². The number of carbonyl (C=O) groups excluding carboxylic acids is 1. The minimum atomic E-state index is -0.0664. The first-order valence-corrected chi connectivity index (χ1v) is 10.4. The highest BCUT2D eigenvalue weighted by Gasteiger charge is 2.24. The molecule has 1 N–H and O–H groups in total. The Balaban J connectivity index is 1.59. The fourth-order valence-corrected chi connectivity index (χ4v) is 5.00. The molecule has 0 saturated heterocycles. The van der Waals surface area contributed by atoms with Gasteiger partial charge in [-0.3, -0.25) is 4.79 Å². The minimum Gasteiger partial charge on any atom is -0.497 e. The molecule has 0 saturated carbocycles. The molecule has 0 fully saturated rings. The molecular weight excluding hydrogens is 372 g/mol. The summed E-state index contributed by atoms with van der Waals surface area (Å²) in [5, 5.41) is 4.10. The molecule has 0 radical (unpaired) electrons. The predicted octanol–water partition coefficient (Wildman–Crippen LogP) is 3.96. The third-order valence-electron chi connectivity index (χ3n) is 5.05. The number of anilines is 2. The second-order valence-corrected chi connectivity index (χ2v) is 8.01. The van der Waals surface area contributed by atoms with E-state index in [-0.39, 0.29) is 12.5 Å². The molecule has 1 aromatic carbocycles. The standard InChI is InChI=1S/C21H24N4O2S/c1-4-25(12-18(26)24-14-8-10-15(27-3)11-9-14)20-19-16-6-5-7-17(16)28-21(19)23-13(2)22-20/h8-11H,4-7,12H2,1-3H3,(H,24,26). The Labute approximate surface area is 168 Å². The van der Waals surface area contributed by atoms with Crippen LogP contribution >= 0.6 is 11.3 Å². The van der Waals surface area contributed by atoms with Crippen LogP contribution in [0.3, 0.4) is 0 Å². The maximum Gasteiger partial charge on any atom is 0.243 e. The van der Waals surface area contributed by atoms with Crippen LogP contribution in [0.4, 0.5) is 11.5 Å². The fraction of sp³-hybridized carbons (Fsp3) is 0.381. The Morgan fingerprint density at radius 1 is 1.25 bits per heavy atom. The molecule has 6 nitrogen and oxygen atoms in total. The van der Waals surface area contributed by atoms with Crippen LogP contribution in [-0.2, 0) is 17.6 Å². The highest BCUT2D eigenvalue weighted by atomic mass is 32.1. The zero-order valence-electron chi connectivity index (χ0n) is 16.4. The number of methoxy groups -OCH3 is 1. The molecule has 1 aliphatic rings. The van der Waals surface area contributed by atoms with Crippen molar-refractivity contribution in [1.82, 2.24) is 9.97 Å². The first kappa shape index (κ1) is 18.7. The van der Waals surface area contributed by atoms with Gasteiger partial charge in [-0.05, 0) is 62.9 Å². The largest absolute Gasteiger partial charge is 0.497 e. The topological polar surface area (TPSA) is 67.4 Å². The van der Waals surface area contributed by atoms with E-state index in [1.54, 1.807) is 18.4 Å². The molecule has 0 unspecified atom stereocenters. The molecule has 0 atom stereocenters. The monoisotopic (exact) mass is 396 g/mol. The van der Waals surface area contributed by atoms with Gasteiger partial charge in [0.15, 0.2) is 0 Å². The van der Waals surface area contributed by atoms with Crippen LogP contribution in [0.25, 0.3) is 10.2 Å². The molecular formula is C21H24N4O2S. The van der Waals surface area contributed by atoms with Crippen molar-refractivity contribution in [2.24, 2.45) is 0 Å². The molecule has 2 aromatic heterocycles.